The average Bonchev–Trinajstić information content (AvgIpc) is 3.02. The third-order valence-electron chi connectivity index (χ3n) is 2.50. The van der Waals surface area contributed by atoms with Gasteiger partial charge in [-0.15, -0.1) is 0 Å². The van der Waals surface area contributed by atoms with Gasteiger partial charge in [0.15, 0.2) is 5.82 Å². The molecule has 19 heavy (non-hydrogen) atoms. The Bertz CT molecular complexity index is 664. The minimum absolute atomic E-state index is 0.469. The predicted molar refractivity (Wildman–Crippen MR) is 69.7 cm³/mol. The maximum absolute atomic E-state index is 4.40. The fraction of sp³-hybridized carbons (Fsp3) is 0.0833. The highest BCUT2D eigenvalue weighted by Crippen LogP contribution is 2.15. The molecule has 0 saturated carbocycles. The van der Waals surface area contributed by atoms with Gasteiger partial charge in [0.25, 0.3) is 5.95 Å². The Balaban J connectivity index is 2.13. The van der Waals surface area contributed by atoms with Gasteiger partial charge in [-0.25, -0.2) is 4.68 Å². The van der Waals surface area contributed by atoms with E-state index in [1.165, 1.54) is 0 Å². The molecule has 7 nitrogen and oxygen atoms in total. The topological polar surface area (TPSA) is 81.4 Å². The zero-order valence-electron chi connectivity index (χ0n) is 10.2. The Labute approximate surface area is 109 Å². The minimum atomic E-state index is 0.469. The molecule has 0 fully saturated rings. The Morgan fingerprint density at radius 1 is 1.05 bits per heavy atom. The number of rotatable bonds is 3. The lowest BCUT2D eigenvalue weighted by molar-refractivity contribution is 0.800. The Morgan fingerprint density at radius 3 is 2.58 bits per heavy atom. The summed E-state index contributed by atoms with van der Waals surface area (Å²) in [6, 6.07) is 5.51. The number of anilines is 1. The van der Waals surface area contributed by atoms with Crippen molar-refractivity contribution in [2.24, 2.45) is 0 Å². The number of aromatic nitrogens is 6. The van der Waals surface area contributed by atoms with Crippen LogP contribution in [0.3, 0.4) is 0 Å². The molecule has 0 aliphatic carbocycles. The SMILES string of the molecule is CNc1nc(-c2ccncc2)nc(-n2cccn2)n1. The van der Waals surface area contributed by atoms with E-state index < -0.39 is 0 Å². The maximum atomic E-state index is 4.40. The number of hydrogen-bond donors (Lipinski definition) is 1. The Kier molecular flexibility index (Phi) is 2.85. The van der Waals surface area contributed by atoms with Gasteiger partial charge in [0.05, 0.1) is 0 Å². The summed E-state index contributed by atoms with van der Waals surface area (Å²) in [5.74, 6) is 1.54. The van der Waals surface area contributed by atoms with Gasteiger partial charge in [-0.3, -0.25) is 4.98 Å². The van der Waals surface area contributed by atoms with Crippen LogP contribution in [0.1, 0.15) is 0 Å². The Hall–Kier alpha value is -2.83. The van der Waals surface area contributed by atoms with Crippen LogP contribution < -0.4 is 5.32 Å². The van der Waals surface area contributed by atoms with Gasteiger partial charge in [-0.2, -0.15) is 20.1 Å². The van der Waals surface area contributed by atoms with Crippen LogP contribution in [0.4, 0.5) is 5.95 Å². The van der Waals surface area contributed by atoms with E-state index in [-0.39, 0.29) is 0 Å². The Morgan fingerprint density at radius 2 is 1.89 bits per heavy atom. The smallest absolute Gasteiger partial charge is 0.255 e. The molecule has 3 heterocycles. The molecule has 3 aromatic rings. The van der Waals surface area contributed by atoms with Crippen LogP contribution in [0.15, 0.2) is 43.0 Å². The van der Waals surface area contributed by atoms with Crippen LogP contribution in [0.2, 0.25) is 0 Å². The molecule has 7 heteroatoms. The number of nitrogens with zero attached hydrogens (tertiary/aromatic N) is 6. The van der Waals surface area contributed by atoms with E-state index in [9.17, 15) is 0 Å². The molecule has 1 N–H and O–H groups in total. The first-order valence-corrected chi connectivity index (χ1v) is 5.71. The van der Waals surface area contributed by atoms with E-state index in [4.69, 9.17) is 0 Å². The molecule has 0 saturated heterocycles. The van der Waals surface area contributed by atoms with Crippen LogP contribution in [-0.2, 0) is 0 Å². The predicted octanol–water partition coefficient (Wildman–Crippen LogP) is 1.16. The number of pyridine rings is 1. The second-order valence-electron chi connectivity index (χ2n) is 3.72. The highest BCUT2D eigenvalue weighted by Gasteiger charge is 2.09. The molecule has 3 rings (SSSR count). The van der Waals surface area contributed by atoms with Crippen molar-refractivity contribution in [3.63, 3.8) is 0 Å². The second kappa shape index (κ2) is 4.81. The third-order valence-corrected chi connectivity index (χ3v) is 2.50. The summed E-state index contributed by atoms with van der Waals surface area (Å²) in [6.45, 7) is 0. The highest BCUT2D eigenvalue weighted by atomic mass is 15.4. The zero-order chi connectivity index (χ0) is 13.1. The van der Waals surface area contributed by atoms with Crippen molar-refractivity contribution >= 4 is 5.95 Å². The standard InChI is InChI=1S/C12H11N7/c1-13-11-16-10(9-3-6-14-7-4-9)17-12(18-11)19-8-2-5-15-19/h2-8H,1H3,(H,13,16,17,18). The fourth-order valence-electron chi connectivity index (χ4n) is 1.60. The molecule has 0 unspecified atom stereocenters. The van der Waals surface area contributed by atoms with Crippen LogP contribution in [-0.4, -0.2) is 36.8 Å². The summed E-state index contributed by atoms with van der Waals surface area (Å²) in [4.78, 5) is 17.0. The van der Waals surface area contributed by atoms with Gasteiger partial charge in [0, 0.05) is 37.4 Å². The van der Waals surface area contributed by atoms with Gasteiger partial charge < -0.3 is 5.32 Å². The molecule has 0 aliphatic heterocycles. The van der Waals surface area contributed by atoms with Crippen LogP contribution in [0, 0.1) is 0 Å². The lowest BCUT2D eigenvalue weighted by Crippen LogP contribution is -2.08. The maximum Gasteiger partial charge on any atom is 0.255 e. The lowest BCUT2D eigenvalue weighted by Gasteiger charge is -2.06. The molecule has 0 radical (unpaired) electrons. The molecule has 94 valence electrons. The quantitative estimate of drug-likeness (QED) is 0.754. The van der Waals surface area contributed by atoms with Gasteiger partial charge in [-0.05, 0) is 18.2 Å². The molecular formula is C12H11N7. The summed E-state index contributed by atoms with van der Waals surface area (Å²) in [7, 11) is 1.76. The van der Waals surface area contributed by atoms with Crippen LogP contribution >= 0.6 is 0 Å². The largest absolute Gasteiger partial charge is 0.357 e. The lowest BCUT2D eigenvalue weighted by atomic mass is 10.2. The molecule has 0 aliphatic rings. The fourth-order valence-corrected chi connectivity index (χ4v) is 1.60. The van der Waals surface area contributed by atoms with Gasteiger partial charge in [-0.1, -0.05) is 0 Å². The monoisotopic (exact) mass is 253 g/mol. The van der Waals surface area contributed by atoms with Crippen molar-refractivity contribution in [2.75, 3.05) is 12.4 Å². The molecule has 0 bridgehead atoms. The summed E-state index contributed by atoms with van der Waals surface area (Å²) in [6.07, 6.45) is 6.86. The van der Waals surface area contributed by atoms with Gasteiger partial charge >= 0.3 is 0 Å². The molecule has 0 amide bonds. The zero-order valence-corrected chi connectivity index (χ0v) is 10.2. The molecule has 3 aromatic heterocycles. The second-order valence-corrected chi connectivity index (χ2v) is 3.72. The van der Waals surface area contributed by atoms with E-state index in [1.807, 2.05) is 18.2 Å². The first-order chi connectivity index (χ1) is 9.36. The third kappa shape index (κ3) is 2.25. The first-order valence-electron chi connectivity index (χ1n) is 5.71. The normalized spacial score (nSPS) is 10.4. The van der Waals surface area contributed by atoms with Crippen LogP contribution in [0.25, 0.3) is 17.3 Å². The molecule has 0 aromatic carbocycles. The summed E-state index contributed by atoms with van der Waals surface area (Å²) in [5, 5.41) is 7.04. The summed E-state index contributed by atoms with van der Waals surface area (Å²) >= 11 is 0. The summed E-state index contributed by atoms with van der Waals surface area (Å²) < 4.78 is 1.59. The van der Waals surface area contributed by atoms with Crippen molar-refractivity contribution < 1.29 is 0 Å². The molecule has 0 atom stereocenters. The molecule has 0 spiro atoms. The molecular weight excluding hydrogens is 242 g/mol. The van der Waals surface area contributed by atoms with E-state index in [2.05, 4.69) is 30.4 Å². The van der Waals surface area contributed by atoms with Crippen molar-refractivity contribution in [3.05, 3.63) is 43.0 Å². The summed E-state index contributed by atoms with van der Waals surface area (Å²) in [5.41, 5.74) is 0.877. The number of hydrogen-bond acceptors (Lipinski definition) is 6. The van der Waals surface area contributed by atoms with Crippen molar-refractivity contribution in [2.45, 2.75) is 0 Å². The van der Waals surface area contributed by atoms with E-state index in [0.29, 0.717) is 17.7 Å². The van der Waals surface area contributed by atoms with Gasteiger partial charge in [0.2, 0.25) is 5.95 Å². The minimum Gasteiger partial charge on any atom is -0.357 e. The van der Waals surface area contributed by atoms with Crippen LogP contribution in [0.5, 0.6) is 0 Å². The van der Waals surface area contributed by atoms with E-state index >= 15 is 0 Å². The first kappa shape index (κ1) is 11.3. The van der Waals surface area contributed by atoms with Crippen molar-refractivity contribution in [1.82, 2.24) is 29.7 Å². The van der Waals surface area contributed by atoms with E-state index in [0.717, 1.165) is 5.56 Å². The average molecular weight is 253 g/mol. The van der Waals surface area contributed by atoms with Crippen molar-refractivity contribution in [1.29, 1.82) is 0 Å². The van der Waals surface area contributed by atoms with Crippen molar-refractivity contribution in [3.8, 4) is 17.3 Å². The highest BCUT2D eigenvalue weighted by molar-refractivity contribution is 5.55. The number of nitrogens with one attached hydrogen (secondary N) is 1. The van der Waals surface area contributed by atoms with E-state index in [1.54, 1.807) is 36.5 Å². The van der Waals surface area contributed by atoms with Gasteiger partial charge in [0.1, 0.15) is 0 Å².